The van der Waals surface area contributed by atoms with E-state index in [1.54, 1.807) is 0 Å². The Hall–Kier alpha value is -0.570. The van der Waals surface area contributed by atoms with Crippen molar-refractivity contribution in [1.29, 1.82) is 0 Å². The summed E-state index contributed by atoms with van der Waals surface area (Å²) < 4.78 is 0. The molecule has 0 aromatic carbocycles. The van der Waals surface area contributed by atoms with Gasteiger partial charge in [-0.2, -0.15) is 0 Å². The fourth-order valence-corrected chi connectivity index (χ4v) is 1.49. The van der Waals surface area contributed by atoms with Gasteiger partial charge in [-0.05, 0) is 19.3 Å². The summed E-state index contributed by atoms with van der Waals surface area (Å²) >= 11 is 0. The van der Waals surface area contributed by atoms with Gasteiger partial charge in [0.15, 0.2) is 0 Å². The van der Waals surface area contributed by atoms with Gasteiger partial charge >= 0.3 is 0 Å². The fourth-order valence-electron chi connectivity index (χ4n) is 1.49. The van der Waals surface area contributed by atoms with Crippen molar-refractivity contribution in [2.75, 3.05) is 6.54 Å². The molecule has 0 spiro atoms. The van der Waals surface area contributed by atoms with E-state index in [0.29, 0.717) is 12.0 Å². The lowest BCUT2D eigenvalue weighted by atomic mass is 10.1. The Balaban J connectivity index is 2.59. The van der Waals surface area contributed by atoms with Crippen LogP contribution < -0.4 is 5.73 Å². The number of amides is 1. The van der Waals surface area contributed by atoms with E-state index in [2.05, 4.69) is 20.8 Å². The number of hydrogen-bond acceptors (Lipinski definition) is 2. The Morgan fingerprint density at radius 1 is 1.50 bits per heavy atom. The Kier molecular flexibility index (Phi) is 2.73. The van der Waals surface area contributed by atoms with E-state index >= 15 is 0 Å². The third-order valence-corrected chi connectivity index (χ3v) is 2.74. The lowest BCUT2D eigenvalue weighted by Gasteiger charge is -2.27. The number of carbonyl (C=O) groups excluding carboxylic acids is 1. The van der Waals surface area contributed by atoms with Crippen molar-refractivity contribution in [2.24, 2.45) is 11.7 Å². The summed E-state index contributed by atoms with van der Waals surface area (Å²) in [5.41, 5.74) is 5.62. The van der Waals surface area contributed by atoms with Crippen molar-refractivity contribution in [3.63, 3.8) is 0 Å². The van der Waals surface area contributed by atoms with Crippen molar-refractivity contribution >= 4 is 5.91 Å². The molecule has 2 N–H and O–H groups in total. The van der Waals surface area contributed by atoms with Gasteiger partial charge in [0.05, 0.1) is 6.04 Å². The fraction of sp³-hybridized carbons (Fsp3) is 0.889. The van der Waals surface area contributed by atoms with Crippen LogP contribution in [0.1, 0.15) is 27.2 Å². The highest BCUT2D eigenvalue weighted by atomic mass is 16.2. The summed E-state index contributed by atoms with van der Waals surface area (Å²) in [6, 6.07) is 0.0808. The zero-order chi connectivity index (χ0) is 9.30. The second-order valence-corrected chi connectivity index (χ2v) is 3.91. The van der Waals surface area contributed by atoms with Crippen molar-refractivity contribution in [1.82, 2.24) is 4.90 Å². The van der Waals surface area contributed by atoms with Crippen LogP contribution in [0.4, 0.5) is 0 Å². The molecule has 1 rings (SSSR count). The molecule has 1 aliphatic rings. The minimum atomic E-state index is -0.244. The molecule has 1 fully saturated rings. The molecule has 3 heteroatoms. The van der Waals surface area contributed by atoms with Crippen LogP contribution in [0.5, 0.6) is 0 Å². The van der Waals surface area contributed by atoms with Crippen LogP contribution in [-0.2, 0) is 4.79 Å². The average molecular weight is 170 g/mol. The molecule has 1 aliphatic heterocycles. The van der Waals surface area contributed by atoms with Gasteiger partial charge in [0.2, 0.25) is 5.91 Å². The summed E-state index contributed by atoms with van der Waals surface area (Å²) in [6.07, 6.45) is 0.815. The standard InChI is InChI=1S/C9H18N2O/c1-6(2)7(3)11-5-4-8(10)9(11)12/h6-8H,4-5,10H2,1-3H3. The highest BCUT2D eigenvalue weighted by Crippen LogP contribution is 2.17. The highest BCUT2D eigenvalue weighted by Gasteiger charge is 2.32. The minimum Gasteiger partial charge on any atom is -0.338 e. The van der Waals surface area contributed by atoms with Gasteiger partial charge in [-0.3, -0.25) is 4.79 Å². The zero-order valence-corrected chi connectivity index (χ0v) is 8.08. The van der Waals surface area contributed by atoms with Gasteiger partial charge < -0.3 is 10.6 Å². The van der Waals surface area contributed by atoms with Crippen molar-refractivity contribution in [2.45, 2.75) is 39.3 Å². The summed E-state index contributed by atoms with van der Waals surface area (Å²) in [7, 11) is 0. The van der Waals surface area contributed by atoms with Gasteiger partial charge in [0, 0.05) is 12.6 Å². The van der Waals surface area contributed by atoms with E-state index in [-0.39, 0.29) is 11.9 Å². The predicted molar refractivity (Wildman–Crippen MR) is 48.6 cm³/mol. The maximum absolute atomic E-state index is 11.5. The first-order valence-corrected chi connectivity index (χ1v) is 4.60. The van der Waals surface area contributed by atoms with Crippen LogP contribution in [0.2, 0.25) is 0 Å². The van der Waals surface area contributed by atoms with Crippen LogP contribution in [-0.4, -0.2) is 29.4 Å². The highest BCUT2D eigenvalue weighted by molar-refractivity contribution is 5.83. The molecule has 0 saturated carbocycles. The lowest BCUT2D eigenvalue weighted by Crippen LogP contribution is -2.41. The molecule has 2 unspecified atom stereocenters. The maximum atomic E-state index is 11.5. The summed E-state index contributed by atoms with van der Waals surface area (Å²) in [5, 5.41) is 0. The topological polar surface area (TPSA) is 46.3 Å². The van der Waals surface area contributed by atoms with Crippen molar-refractivity contribution in [3.8, 4) is 0 Å². The monoisotopic (exact) mass is 170 g/mol. The molecule has 1 heterocycles. The van der Waals surface area contributed by atoms with Gasteiger partial charge in [0.25, 0.3) is 0 Å². The first kappa shape index (κ1) is 9.52. The first-order chi connectivity index (χ1) is 5.54. The Morgan fingerprint density at radius 3 is 2.42 bits per heavy atom. The molecule has 2 atom stereocenters. The number of nitrogens with zero attached hydrogens (tertiary/aromatic N) is 1. The van der Waals surface area contributed by atoms with E-state index in [9.17, 15) is 4.79 Å². The maximum Gasteiger partial charge on any atom is 0.239 e. The van der Waals surface area contributed by atoms with Crippen LogP contribution in [0.15, 0.2) is 0 Å². The Labute approximate surface area is 73.9 Å². The second-order valence-electron chi connectivity index (χ2n) is 3.91. The third kappa shape index (κ3) is 1.61. The largest absolute Gasteiger partial charge is 0.338 e. The SMILES string of the molecule is CC(C)C(C)N1CCC(N)C1=O. The van der Waals surface area contributed by atoms with E-state index in [1.807, 2.05) is 4.90 Å². The molecular formula is C9H18N2O. The smallest absolute Gasteiger partial charge is 0.239 e. The van der Waals surface area contributed by atoms with Crippen molar-refractivity contribution < 1.29 is 4.79 Å². The number of hydrogen-bond donors (Lipinski definition) is 1. The zero-order valence-electron chi connectivity index (χ0n) is 8.08. The molecule has 0 bridgehead atoms. The summed E-state index contributed by atoms with van der Waals surface area (Å²) in [5.74, 6) is 0.635. The molecule has 0 aliphatic carbocycles. The molecule has 1 amide bonds. The minimum absolute atomic E-state index is 0.121. The first-order valence-electron chi connectivity index (χ1n) is 4.60. The Bertz CT molecular complexity index is 179. The van der Waals surface area contributed by atoms with E-state index in [1.165, 1.54) is 0 Å². The van der Waals surface area contributed by atoms with Crippen LogP contribution in [0.25, 0.3) is 0 Å². The molecule has 70 valence electrons. The van der Waals surface area contributed by atoms with Gasteiger partial charge in [-0.25, -0.2) is 0 Å². The molecule has 1 saturated heterocycles. The van der Waals surface area contributed by atoms with Crippen LogP contribution in [0.3, 0.4) is 0 Å². The lowest BCUT2D eigenvalue weighted by molar-refractivity contribution is -0.131. The van der Waals surface area contributed by atoms with Gasteiger partial charge in [-0.1, -0.05) is 13.8 Å². The van der Waals surface area contributed by atoms with Crippen LogP contribution in [0, 0.1) is 5.92 Å². The number of nitrogens with two attached hydrogens (primary N) is 1. The predicted octanol–water partition coefficient (Wildman–Crippen LogP) is 0.591. The van der Waals surface area contributed by atoms with E-state index < -0.39 is 0 Å². The molecular weight excluding hydrogens is 152 g/mol. The third-order valence-electron chi connectivity index (χ3n) is 2.74. The summed E-state index contributed by atoms with van der Waals surface area (Å²) in [6.45, 7) is 7.17. The van der Waals surface area contributed by atoms with Gasteiger partial charge in [0.1, 0.15) is 0 Å². The molecule has 12 heavy (non-hydrogen) atoms. The number of rotatable bonds is 2. The van der Waals surface area contributed by atoms with Gasteiger partial charge in [-0.15, -0.1) is 0 Å². The van der Waals surface area contributed by atoms with Crippen molar-refractivity contribution in [3.05, 3.63) is 0 Å². The quantitative estimate of drug-likeness (QED) is 0.659. The molecule has 0 aromatic rings. The van der Waals surface area contributed by atoms with Crippen LogP contribution >= 0.6 is 0 Å². The second kappa shape index (κ2) is 3.44. The Morgan fingerprint density at radius 2 is 2.08 bits per heavy atom. The molecule has 0 aromatic heterocycles. The molecule has 0 radical (unpaired) electrons. The summed E-state index contributed by atoms with van der Waals surface area (Å²) in [4.78, 5) is 13.4. The molecule has 3 nitrogen and oxygen atoms in total. The van der Waals surface area contributed by atoms with E-state index in [0.717, 1.165) is 13.0 Å². The average Bonchev–Trinajstić information content (AvgIpc) is 2.32. The number of carbonyl (C=O) groups is 1. The number of likely N-dealkylation sites (tertiary alicyclic amines) is 1. The van der Waals surface area contributed by atoms with E-state index in [4.69, 9.17) is 5.73 Å². The normalized spacial score (nSPS) is 26.9.